The van der Waals surface area contributed by atoms with Crippen LogP contribution in [0.5, 0.6) is 0 Å². The maximum Gasteiger partial charge on any atom is 0.123 e. The van der Waals surface area contributed by atoms with Crippen molar-refractivity contribution in [2.24, 2.45) is 0 Å². The number of anilines is 1. The monoisotopic (exact) mass is 298 g/mol. The number of nitrogens with zero attached hydrogens (tertiary/aromatic N) is 3. The number of aryl methyl sites for hydroxylation is 2. The first-order valence-electron chi connectivity index (χ1n) is 6.87. The van der Waals surface area contributed by atoms with E-state index in [1.165, 1.54) is 15.3 Å². The second kappa shape index (κ2) is 5.33. The lowest BCUT2D eigenvalue weighted by Gasteiger charge is -2.17. The standard InChI is InChI=1S/C16H18N4S/c1-10-6-14(12(3)21-10)11(2)20-9-18-8-15(20)13-4-5-19-16(17)7-13/h4-9,11H,1-3H3,(H2,17,19). The Morgan fingerprint density at radius 2 is 2.10 bits per heavy atom. The SMILES string of the molecule is Cc1cc(C(C)n2cncc2-c2ccnc(N)c2)c(C)s1. The summed E-state index contributed by atoms with van der Waals surface area (Å²) >= 11 is 1.84. The molecule has 0 bridgehead atoms. The van der Waals surface area contributed by atoms with Gasteiger partial charge in [0.1, 0.15) is 5.82 Å². The van der Waals surface area contributed by atoms with Crippen LogP contribution < -0.4 is 5.73 Å². The number of hydrogen-bond acceptors (Lipinski definition) is 4. The number of nitrogens with two attached hydrogens (primary N) is 1. The molecule has 0 aliphatic rings. The van der Waals surface area contributed by atoms with Gasteiger partial charge in [0.05, 0.1) is 24.3 Å². The van der Waals surface area contributed by atoms with E-state index in [0.29, 0.717) is 5.82 Å². The highest BCUT2D eigenvalue weighted by atomic mass is 32.1. The quantitative estimate of drug-likeness (QED) is 0.800. The number of imidazole rings is 1. The summed E-state index contributed by atoms with van der Waals surface area (Å²) in [6.45, 7) is 6.51. The molecule has 0 radical (unpaired) electrons. The molecule has 0 saturated carbocycles. The Balaban J connectivity index is 2.05. The highest BCUT2D eigenvalue weighted by molar-refractivity contribution is 7.12. The summed E-state index contributed by atoms with van der Waals surface area (Å²) in [5.41, 5.74) is 9.23. The third-order valence-corrected chi connectivity index (χ3v) is 4.67. The molecule has 0 aromatic carbocycles. The van der Waals surface area contributed by atoms with E-state index in [9.17, 15) is 0 Å². The zero-order chi connectivity index (χ0) is 15.0. The molecule has 1 atom stereocenters. The van der Waals surface area contributed by atoms with Gasteiger partial charge in [-0.1, -0.05) is 0 Å². The van der Waals surface area contributed by atoms with Gasteiger partial charge in [-0.15, -0.1) is 11.3 Å². The van der Waals surface area contributed by atoms with Gasteiger partial charge < -0.3 is 10.3 Å². The average molecular weight is 298 g/mol. The molecule has 5 heteroatoms. The minimum Gasteiger partial charge on any atom is -0.384 e. The van der Waals surface area contributed by atoms with Crippen molar-refractivity contribution < 1.29 is 0 Å². The number of nitrogen functional groups attached to an aromatic ring is 1. The summed E-state index contributed by atoms with van der Waals surface area (Å²) in [7, 11) is 0. The maximum absolute atomic E-state index is 5.79. The van der Waals surface area contributed by atoms with E-state index in [4.69, 9.17) is 5.73 Å². The van der Waals surface area contributed by atoms with Crippen LogP contribution in [0, 0.1) is 13.8 Å². The molecule has 0 aliphatic carbocycles. The average Bonchev–Trinajstić information content (AvgIpc) is 3.04. The zero-order valence-electron chi connectivity index (χ0n) is 12.4. The predicted octanol–water partition coefficient (Wildman–Crippen LogP) is 3.81. The first-order valence-corrected chi connectivity index (χ1v) is 7.68. The van der Waals surface area contributed by atoms with Crippen LogP contribution in [0.1, 0.15) is 28.3 Å². The first-order chi connectivity index (χ1) is 10.1. The molecular weight excluding hydrogens is 280 g/mol. The van der Waals surface area contributed by atoms with Gasteiger partial charge in [0.2, 0.25) is 0 Å². The van der Waals surface area contributed by atoms with Crippen molar-refractivity contribution in [3.8, 4) is 11.3 Å². The van der Waals surface area contributed by atoms with E-state index in [1.807, 2.05) is 36.0 Å². The first kappa shape index (κ1) is 13.8. The molecule has 4 nitrogen and oxygen atoms in total. The van der Waals surface area contributed by atoms with Gasteiger partial charge in [-0.2, -0.15) is 0 Å². The van der Waals surface area contributed by atoms with Crippen LogP contribution in [0.15, 0.2) is 36.9 Å². The van der Waals surface area contributed by atoms with Gasteiger partial charge in [0.25, 0.3) is 0 Å². The number of thiophene rings is 1. The Labute approximate surface area is 128 Å². The number of rotatable bonds is 3. The van der Waals surface area contributed by atoms with Crippen LogP contribution in [0.3, 0.4) is 0 Å². The van der Waals surface area contributed by atoms with Crippen molar-refractivity contribution in [2.75, 3.05) is 5.73 Å². The van der Waals surface area contributed by atoms with Gasteiger partial charge in [-0.25, -0.2) is 9.97 Å². The summed E-state index contributed by atoms with van der Waals surface area (Å²) in [6.07, 6.45) is 5.48. The zero-order valence-corrected chi connectivity index (χ0v) is 13.2. The largest absolute Gasteiger partial charge is 0.384 e. The molecule has 0 fully saturated rings. The van der Waals surface area contributed by atoms with Crippen LogP contribution in [0.25, 0.3) is 11.3 Å². The molecule has 1 unspecified atom stereocenters. The lowest BCUT2D eigenvalue weighted by atomic mass is 10.1. The Hall–Kier alpha value is -2.14. The van der Waals surface area contributed by atoms with E-state index in [1.54, 1.807) is 6.20 Å². The van der Waals surface area contributed by atoms with Gasteiger partial charge in [0, 0.05) is 21.5 Å². The van der Waals surface area contributed by atoms with Crippen LogP contribution >= 0.6 is 11.3 Å². The molecule has 3 rings (SSSR count). The lowest BCUT2D eigenvalue weighted by Crippen LogP contribution is -2.07. The van der Waals surface area contributed by atoms with Crippen molar-refractivity contribution in [1.29, 1.82) is 0 Å². The fraction of sp³-hybridized carbons (Fsp3) is 0.250. The highest BCUT2D eigenvalue weighted by Gasteiger charge is 2.16. The predicted molar refractivity (Wildman–Crippen MR) is 87.5 cm³/mol. The fourth-order valence-electron chi connectivity index (χ4n) is 2.66. The number of pyridine rings is 1. The van der Waals surface area contributed by atoms with E-state index in [2.05, 4.69) is 41.4 Å². The smallest absolute Gasteiger partial charge is 0.123 e. The van der Waals surface area contributed by atoms with Gasteiger partial charge >= 0.3 is 0 Å². The normalized spacial score (nSPS) is 12.5. The van der Waals surface area contributed by atoms with Crippen molar-refractivity contribution in [1.82, 2.24) is 14.5 Å². The lowest BCUT2D eigenvalue weighted by molar-refractivity contribution is 0.643. The third kappa shape index (κ3) is 2.56. The van der Waals surface area contributed by atoms with E-state index < -0.39 is 0 Å². The number of hydrogen-bond donors (Lipinski definition) is 1. The summed E-state index contributed by atoms with van der Waals surface area (Å²) in [6, 6.07) is 6.34. The molecule has 3 aromatic rings. The number of aromatic nitrogens is 3. The molecular formula is C16H18N4S. The van der Waals surface area contributed by atoms with Crippen LogP contribution in [-0.4, -0.2) is 14.5 Å². The Morgan fingerprint density at radius 1 is 1.29 bits per heavy atom. The van der Waals surface area contributed by atoms with Crippen molar-refractivity contribution >= 4 is 17.2 Å². The third-order valence-electron chi connectivity index (χ3n) is 3.69. The summed E-state index contributed by atoms with van der Waals surface area (Å²) < 4.78 is 2.18. The van der Waals surface area contributed by atoms with E-state index in [0.717, 1.165) is 11.3 Å². The molecule has 2 N–H and O–H groups in total. The molecule has 108 valence electrons. The summed E-state index contributed by atoms with van der Waals surface area (Å²) in [4.78, 5) is 11.1. The fourth-order valence-corrected chi connectivity index (χ4v) is 3.68. The highest BCUT2D eigenvalue weighted by Crippen LogP contribution is 2.32. The van der Waals surface area contributed by atoms with E-state index in [-0.39, 0.29) is 6.04 Å². The van der Waals surface area contributed by atoms with Crippen molar-refractivity contribution in [3.63, 3.8) is 0 Å². The Morgan fingerprint density at radius 3 is 2.76 bits per heavy atom. The Kier molecular flexibility index (Phi) is 3.51. The molecule has 0 saturated heterocycles. The molecule has 21 heavy (non-hydrogen) atoms. The van der Waals surface area contributed by atoms with Crippen LogP contribution in [0.2, 0.25) is 0 Å². The van der Waals surface area contributed by atoms with Crippen LogP contribution in [-0.2, 0) is 0 Å². The topological polar surface area (TPSA) is 56.7 Å². The minimum absolute atomic E-state index is 0.238. The molecule has 3 heterocycles. The maximum atomic E-state index is 5.79. The second-order valence-electron chi connectivity index (χ2n) is 5.20. The molecule has 0 spiro atoms. The summed E-state index contributed by atoms with van der Waals surface area (Å²) in [5.74, 6) is 0.524. The van der Waals surface area contributed by atoms with Gasteiger partial charge in [-0.05, 0) is 44.5 Å². The van der Waals surface area contributed by atoms with E-state index >= 15 is 0 Å². The van der Waals surface area contributed by atoms with Gasteiger partial charge in [-0.3, -0.25) is 0 Å². The minimum atomic E-state index is 0.238. The van der Waals surface area contributed by atoms with Gasteiger partial charge in [0.15, 0.2) is 0 Å². The molecule has 3 aromatic heterocycles. The van der Waals surface area contributed by atoms with Crippen molar-refractivity contribution in [3.05, 3.63) is 52.2 Å². The Bertz CT molecular complexity index is 772. The molecule has 0 aliphatic heterocycles. The van der Waals surface area contributed by atoms with Crippen LogP contribution in [0.4, 0.5) is 5.82 Å². The second-order valence-corrected chi connectivity index (χ2v) is 6.66. The van der Waals surface area contributed by atoms with Crippen molar-refractivity contribution in [2.45, 2.75) is 26.8 Å². The molecule has 0 amide bonds. The summed E-state index contributed by atoms with van der Waals surface area (Å²) in [5, 5.41) is 0.